The Morgan fingerprint density at radius 1 is 1.50 bits per heavy atom. The monoisotopic (exact) mass is 357 g/mol. The molecule has 1 aromatic rings. The third-order valence-corrected chi connectivity index (χ3v) is 5.57. The van der Waals surface area contributed by atoms with Crippen LogP contribution in [-0.2, 0) is 11.3 Å². The minimum atomic E-state index is -0.302. The fourth-order valence-corrected chi connectivity index (χ4v) is 4.06. The number of esters is 1. The SMILES string of the molecule is COC(=O)c1ccc(CNCC2CCCCS2)c(Br)c1. The van der Waals surface area contributed by atoms with E-state index in [-0.39, 0.29) is 5.97 Å². The number of nitrogens with one attached hydrogen (secondary N) is 1. The molecular formula is C15H20BrNO2S. The Bertz CT molecular complexity index is 461. The van der Waals surface area contributed by atoms with Crippen LogP contribution in [0, 0.1) is 0 Å². The number of ether oxygens (including phenoxy) is 1. The van der Waals surface area contributed by atoms with E-state index in [1.54, 1.807) is 0 Å². The van der Waals surface area contributed by atoms with Crippen molar-refractivity contribution in [2.75, 3.05) is 19.4 Å². The highest BCUT2D eigenvalue weighted by molar-refractivity contribution is 9.10. The summed E-state index contributed by atoms with van der Waals surface area (Å²) in [6.45, 7) is 1.87. The number of thioether (sulfide) groups is 1. The number of rotatable bonds is 5. The Balaban J connectivity index is 1.84. The summed E-state index contributed by atoms with van der Waals surface area (Å²) in [4.78, 5) is 11.4. The molecule has 1 atom stereocenters. The van der Waals surface area contributed by atoms with Gasteiger partial charge in [0.2, 0.25) is 0 Å². The van der Waals surface area contributed by atoms with Gasteiger partial charge < -0.3 is 10.1 Å². The van der Waals surface area contributed by atoms with Gasteiger partial charge in [-0.25, -0.2) is 4.79 Å². The highest BCUT2D eigenvalue weighted by Gasteiger charge is 2.13. The van der Waals surface area contributed by atoms with Crippen molar-refractivity contribution in [1.82, 2.24) is 5.32 Å². The number of hydrogen-bond donors (Lipinski definition) is 1. The van der Waals surface area contributed by atoms with Crippen molar-refractivity contribution in [1.29, 1.82) is 0 Å². The summed E-state index contributed by atoms with van der Waals surface area (Å²) in [5.74, 6) is 0.993. The van der Waals surface area contributed by atoms with Gasteiger partial charge in [0, 0.05) is 22.8 Å². The van der Waals surface area contributed by atoms with Crippen molar-refractivity contribution in [3.63, 3.8) is 0 Å². The first-order valence-electron chi connectivity index (χ1n) is 6.90. The molecule has 0 saturated carbocycles. The first-order chi connectivity index (χ1) is 9.70. The number of halogens is 1. The van der Waals surface area contributed by atoms with E-state index in [1.807, 2.05) is 18.2 Å². The smallest absolute Gasteiger partial charge is 0.337 e. The molecule has 1 aliphatic rings. The van der Waals surface area contributed by atoms with Crippen LogP contribution in [0.4, 0.5) is 0 Å². The van der Waals surface area contributed by atoms with Crippen molar-refractivity contribution in [3.8, 4) is 0 Å². The molecule has 0 aromatic heterocycles. The normalized spacial score (nSPS) is 18.8. The standard InChI is InChI=1S/C15H20BrNO2S/c1-19-15(18)11-5-6-12(14(16)8-11)9-17-10-13-4-2-3-7-20-13/h5-6,8,13,17H,2-4,7,9-10H2,1H3. The van der Waals surface area contributed by atoms with Crippen LogP contribution >= 0.6 is 27.7 Å². The molecule has 2 rings (SSSR count). The molecule has 0 aliphatic carbocycles. The predicted octanol–water partition coefficient (Wildman–Crippen LogP) is 3.61. The predicted molar refractivity (Wildman–Crippen MR) is 87.3 cm³/mol. The van der Waals surface area contributed by atoms with Gasteiger partial charge in [0.25, 0.3) is 0 Å². The van der Waals surface area contributed by atoms with Crippen molar-refractivity contribution in [2.24, 2.45) is 0 Å². The molecule has 1 unspecified atom stereocenters. The maximum atomic E-state index is 11.4. The number of hydrogen-bond acceptors (Lipinski definition) is 4. The third kappa shape index (κ3) is 4.50. The second kappa shape index (κ2) is 8.05. The first-order valence-corrected chi connectivity index (χ1v) is 8.74. The van der Waals surface area contributed by atoms with E-state index in [0.29, 0.717) is 5.56 Å². The third-order valence-electron chi connectivity index (χ3n) is 3.44. The molecule has 1 heterocycles. The van der Waals surface area contributed by atoms with Crippen LogP contribution in [0.5, 0.6) is 0 Å². The molecule has 1 N–H and O–H groups in total. The average molecular weight is 358 g/mol. The summed E-state index contributed by atoms with van der Waals surface area (Å²) in [6, 6.07) is 5.60. The molecule has 1 aromatic carbocycles. The molecule has 5 heteroatoms. The lowest BCUT2D eigenvalue weighted by Gasteiger charge is -2.21. The van der Waals surface area contributed by atoms with Crippen LogP contribution in [-0.4, -0.2) is 30.6 Å². The van der Waals surface area contributed by atoms with E-state index in [1.165, 1.54) is 37.7 Å². The maximum Gasteiger partial charge on any atom is 0.337 e. The fourth-order valence-electron chi connectivity index (χ4n) is 2.27. The van der Waals surface area contributed by atoms with Crippen LogP contribution in [0.2, 0.25) is 0 Å². The Morgan fingerprint density at radius 2 is 2.35 bits per heavy atom. The van der Waals surface area contributed by atoms with Gasteiger partial charge in [-0.1, -0.05) is 28.4 Å². The minimum Gasteiger partial charge on any atom is -0.465 e. The Kier molecular flexibility index (Phi) is 6.39. The van der Waals surface area contributed by atoms with Crippen molar-refractivity contribution in [3.05, 3.63) is 33.8 Å². The summed E-state index contributed by atoms with van der Waals surface area (Å²) < 4.78 is 5.66. The van der Waals surface area contributed by atoms with E-state index in [4.69, 9.17) is 4.74 Å². The minimum absolute atomic E-state index is 0.302. The lowest BCUT2D eigenvalue weighted by atomic mass is 10.1. The average Bonchev–Trinajstić information content (AvgIpc) is 2.49. The summed E-state index contributed by atoms with van der Waals surface area (Å²) in [5, 5.41) is 4.25. The molecule has 0 amide bonds. The van der Waals surface area contributed by atoms with Crippen molar-refractivity contribution in [2.45, 2.75) is 31.1 Å². The highest BCUT2D eigenvalue weighted by atomic mass is 79.9. The largest absolute Gasteiger partial charge is 0.465 e. The molecule has 3 nitrogen and oxygen atoms in total. The summed E-state index contributed by atoms with van der Waals surface area (Å²) in [7, 11) is 1.40. The van der Waals surface area contributed by atoms with Crippen LogP contribution in [0.1, 0.15) is 35.2 Å². The van der Waals surface area contributed by atoms with Crippen molar-refractivity contribution < 1.29 is 9.53 Å². The fraction of sp³-hybridized carbons (Fsp3) is 0.533. The lowest BCUT2D eigenvalue weighted by Crippen LogP contribution is -2.26. The molecular weight excluding hydrogens is 338 g/mol. The quantitative estimate of drug-likeness (QED) is 0.816. The highest BCUT2D eigenvalue weighted by Crippen LogP contribution is 2.24. The van der Waals surface area contributed by atoms with Crippen LogP contribution < -0.4 is 5.32 Å². The topological polar surface area (TPSA) is 38.3 Å². The maximum absolute atomic E-state index is 11.4. The van der Waals surface area contributed by atoms with Gasteiger partial charge in [-0.05, 0) is 36.3 Å². The number of methoxy groups -OCH3 is 1. The summed E-state index contributed by atoms with van der Waals surface area (Å²) in [6.07, 6.45) is 4.04. The Hall–Kier alpha value is -0.520. The number of benzene rings is 1. The Labute approximate surface area is 133 Å². The summed E-state index contributed by atoms with van der Waals surface area (Å²) in [5.41, 5.74) is 1.74. The zero-order valence-electron chi connectivity index (χ0n) is 11.7. The van der Waals surface area contributed by atoms with Gasteiger partial charge in [-0.3, -0.25) is 0 Å². The lowest BCUT2D eigenvalue weighted by molar-refractivity contribution is 0.0600. The number of carbonyl (C=O) groups excluding carboxylic acids is 1. The molecule has 1 fully saturated rings. The second-order valence-corrected chi connectivity index (χ2v) is 7.18. The zero-order chi connectivity index (χ0) is 14.4. The van der Waals surface area contributed by atoms with Gasteiger partial charge >= 0.3 is 5.97 Å². The molecule has 20 heavy (non-hydrogen) atoms. The van der Waals surface area contributed by atoms with Gasteiger partial charge in [0.1, 0.15) is 0 Å². The molecule has 1 saturated heterocycles. The van der Waals surface area contributed by atoms with E-state index >= 15 is 0 Å². The molecule has 0 bridgehead atoms. The Morgan fingerprint density at radius 3 is 3.00 bits per heavy atom. The molecule has 0 radical (unpaired) electrons. The molecule has 1 aliphatic heterocycles. The van der Waals surface area contributed by atoms with E-state index in [9.17, 15) is 4.79 Å². The molecule has 0 spiro atoms. The van der Waals surface area contributed by atoms with Gasteiger partial charge in [-0.2, -0.15) is 11.8 Å². The first kappa shape index (κ1) is 15.9. The van der Waals surface area contributed by atoms with Crippen LogP contribution in [0.15, 0.2) is 22.7 Å². The van der Waals surface area contributed by atoms with Gasteiger partial charge in [-0.15, -0.1) is 0 Å². The summed E-state index contributed by atoms with van der Waals surface area (Å²) >= 11 is 5.59. The van der Waals surface area contributed by atoms with E-state index in [2.05, 4.69) is 33.0 Å². The van der Waals surface area contributed by atoms with Crippen LogP contribution in [0.25, 0.3) is 0 Å². The zero-order valence-corrected chi connectivity index (χ0v) is 14.1. The van der Waals surface area contributed by atoms with Crippen molar-refractivity contribution >= 4 is 33.7 Å². The molecule has 110 valence electrons. The van der Waals surface area contributed by atoms with E-state index in [0.717, 1.165) is 22.8 Å². The van der Waals surface area contributed by atoms with Crippen LogP contribution in [0.3, 0.4) is 0 Å². The number of carbonyl (C=O) groups is 1. The van der Waals surface area contributed by atoms with Gasteiger partial charge in [0.15, 0.2) is 0 Å². The second-order valence-electron chi connectivity index (χ2n) is 4.92. The van der Waals surface area contributed by atoms with E-state index < -0.39 is 0 Å². The van der Waals surface area contributed by atoms with Gasteiger partial charge in [0.05, 0.1) is 12.7 Å².